The molecule has 0 saturated carbocycles. The van der Waals surface area contributed by atoms with Gasteiger partial charge in [-0.2, -0.15) is 0 Å². The van der Waals surface area contributed by atoms with Crippen LogP contribution in [0.4, 0.5) is 10.1 Å². The molecule has 1 N–H and O–H groups in total. The molecule has 23 heavy (non-hydrogen) atoms. The van der Waals surface area contributed by atoms with E-state index in [9.17, 15) is 17.6 Å². The number of benzene rings is 2. The molecule has 0 aliphatic rings. The Morgan fingerprint density at radius 1 is 1.13 bits per heavy atom. The number of hydrogen-bond donors (Lipinski definition) is 1. The zero-order chi connectivity index (χ0) is 17.0. The topological polar surface area (TPSA) is 74.7 Å². The highest BCUT2D eigenvalue weighted by atomic mass is 32.2. The zero-order valence-electron chi connectivity index (χ0n) is 12.4. The Labute approximate surface area is 134 Å². The van der Waals surface area contributed by atoms with E-state index in [2.05, 4.69) is 0 Å². The molecule has 2 aromatic rings. The van der Waals surface area contributed by atoms with E-state index >= 15 is 0 Å². The van der Waals surface area contributed by atoms with E-state index in [4.69, 9.17) is 5.11 Å². The van der Waals surface area contributed by atoms with Gasteiger partial charge in [-0.15, -0.1) is 0 Å². The Kier molecular flexibility index (Phi) is 5.00. The number of nitrogens with zero attached hydrogens (tertiary/aromatic N) is 1. The number of aliphatic carboxylic acids is 1. The number of carboxylic acid groups (broad SMARTS) is 1. The number of halogens is 1. The standard InChI is InChI=1S/C16H16FNO4S/c1-12-6-8-13(9-7-12)23(21,22)18(11-10-16(19)20)15-5-3-2-4-14(15)17/h2-9H,10-11H2,1H3,(H,19,20). The summed E-state index contributed by atoms with van der Waals surface area (Å²) in [6.45, 7) is 1.46. The molecule has 0 aliphatic carbocycles. The predicted octanol–water partition coefficient (Wildman–Crippen LogP) is 2.80. The van der Waals surface area contributed by atoms with Crippen LogP contribution in [0.3, 0.4) is 0 Å². The van der Waals surface area contributed by atoms with E-state index < -0.39 is 28.2 Å². The second-order valence-electron chi connectivity index (χ2n) is 4.99. The summed E-state index contributed by atoms with van der Waals surface area (Å²) >= 11 is 0. The van der Waals surface area contributed by atoms with Gasteiger partial charge in [0.05, 0.1) is 17.0 Å². The second-order valence-corrected chi connectivity index (χ2v) is 6.85. The number of para-hydroxylation sites is 1. The molecule has 5 nitrogen and oxygen atoms in total. The van der Waals surface area contributed by atoms with Gasteiger partial charge in [0, 0.05) is 6.54 Å². The maximum atomic E-state index is 14.0. The molecule has 0 unspecified atom stereocenters. The molecule has 2 aromatic carbocycles. The number of rotatable bonds is 6. The summed E-state index contributed by atoms with van der Waals surface area (Å²) in [4.78, 5) is 10.8. The maximum absolute atomic E-state index is 14.0. The molecule has 7 heteroatoms. The van der Waals surface area contributed by atoms with Crippen LogP contribution in [0.5, 0.6) is 0 Å². The first-order valence-electron chi connectivity index (χ1n) is 6.88. The van der Waals surface area contributed by atoms with Crippen molar-refractivity contribution in [3.05, 3.63) is 59.9 Å². The first kappa shape index (κ1) is 17.0. The fraction of sp³-hybridized carbons (Fsp3) is 0.188. The molecule has 0 radical (unpaired) electrons. The van der Waals surface area contributed by atoms with Crippen molar-refractivity contribution in [2.45, 2.75) is 18.2 Å². The highest BCUT2D eigenvalue weighted by Gasteiger charge is 2.27. The lowest BCUT2D eigenvalue weighted by atomic mass is 10.2. The molecule has 0 bridgehead atoms. The van der Waals surface area contributed by atoms with Gasteiger partial charge >= 0.3 is 5.97 Å². The SMILES string of the molecule is Cc1ccc(S(=O)(=O)N(CCC(=O)O)c2ccccc2F)cc1. The molecule has 0 spiro atoms. The average molecular weight is 337 g/mol. The minimum absolute atomic E-state index is 0.0169. The van der Waals surface area contributed by atoms with Crippen molar-refractivity contribution in [1.29, 1.82) is 0 Å². The highest BCUT2D eigenvalue weighted by molar-refractivity contribution is 7.92. The van der Waals surface area contributed by atoms with Crippen LogP contribution < -0.4 is 4.31 Å². The summed E-state index contributed by atoms with van der Waals surface area (Å²) in [5.74, 6) is -1.89. The van der Waals surface area contributed by atoms with Crippen molar-refractivity contribution in [2.75, 3.05) is 10.8 Å². The Morgan fingerprint density at radius 3 is 2.30 bits per heavy atom. The normalized spacial score (nSPS) is 11.2. The molecule has 0 heterocycles. The van der Waals surface area contributed by atoms with Gasteiger partial charge < -0.3 is 5.11 Å². The predicted molar refractivity (Wildman–Crippen MR) is 84.4 cm³/mol. The van der Waals surface area contributed by atoms with Gasteiger partial charge in [-0.1, -0.05) is 29.8 Å². The smallest absolute Gasteiger partial charge is 0.305 e. The summed E-state index contributed by atoms with van der Waals surface area (Å²) in [6.07, 6.45) is -0.431. The number of aryl methyl sites for hydroxylation is 1. The summed E-state index contributed by atoms with van der Waals surface area (Å²) in [5, 5.41) is 8.84. The first-order valence-corrected chi connectivity index (χ1v) is 8.32. The van der Waals surface area contributed by atoms with Crippen LogP contribution in [-0.2, 0) is 14.8 Å². The Bertz CT molecular complexity index is 803. The van der Waals surface area contributed by atoms with Gasteiger partial charge in [0.1, 0.15) is 5.82 Å². The number of carbonyl (C=O) groups is 1. The van der Waals surface area contributed by atoms with Crippen LogP contribution in [0.1, 0.15) is 12.0 Å². The largest absolute Gasteiger partial charge is 0.481 e. The fourth-order valence-corrected chi connectivity index (χ4v) is 3.53. The first-order chi connectivity index (χ1) is 10.8. The van der Waals surface area contributed by atoms with E-state index in [1.807, 2.05) is 6.92 Å². The number of sulfonamides is 1. The lowest BCUT2D eigenvalue weighted by Crippen LogP contribution is -2.33. The van der Waals surface area contributed by atoms with Crippen LogP contribution in [0.15, 0.2) is 53.4 Å². The molecule has 2 rings (SSSR count). The Balaban J connectivity index is 2.50. The highest BCUT2D eigenvalue weighted by Crippen LogP contribution is 2.26. The fourth-order valence-electron chi connectivity index (χ4n) is 2.06. The Morgan fingerprint density at radius 2 is 1.74 bits per heavy atom. The second kappa shape index (κ2) is 6.78. The van der Waals surface area contributed by atoms with Crippen molar-refractivity contribution < 1.29 is 22.7 Å². The quantitative estimate of drug-likeness (QED) is 0.879. The molecular weight excluding hydrogens is 321 g/mol. The van der Waals surface area contributed by atoms with Gasteiger partial charge in [0.2, 0.25) is 0 Å². The molecular formula is C16H16FNO4S. The van der Waals surface area contributed by atoms with Crippen LogP contribution in [0.2, 0.25) is 0 Å². The van der Waals surface area contributed by atoms with Crippen molar-refractivity contribution in [3.63, 3.8) is 0 Å². The van der Waals surface area contributed by atoms with Gasteiger partial charge in [0.15, 0.2) is 0 Å². The summed E-state index contributed by atoms with van der Waals surface area (Å²) in [7, 11) is -4.06. The summed E-state index contributed by atoms with van der Waals surface area (Å²) < 4.78 is 40.4. The third-order valence-corrected chi connectivity index (χ3v) is 5.09. The number of carboxylic acids is 1. The molecule has 0 fully saturated rings. The van der Waals surface area contributed by atoms with E-state index in [1.54, 1.807) is 12.1 Å². The van der Waals surface area contributed by atoms with Gasteiger partial charge in [-0.25, -0.2) is 12.8 Å². The monoisotopic (exact) mass is 337 g/mol. The van der Waals surface area contributed by atoms with Crippen LogP contribution in [0.25, 0.3) is 0 Å². The van der Waals surface area contributed by atoms with Gasteiger partial charge in [0.25, 0.3) is 10.0 Å². The molecule has 0 amide bonds. The van der Waals surface area contributed by atoms with Crippen molar-refractivity contribution in [2.24, 2.45) is 0 Å². The van der Waals surface area contributed by atoms with E-state index in [-0.39, 0.29) is 17.1 Å². The molecule has 0 saturated heterocycles. The third-order valence-electron chi connectivity index (χ3n) is 3.26. The van der Waals surface area contributed by atoms with E-state index in [1.165, 1.54) is 30.3 Å². The molecule has 0 atom stereocenters. The average Bonchev–Trinajstić information content (AvgIpc) is 2.49. The number of anilines is 1. The van der Waals surface area contributed by atoms with Crippen molar-refractivity contribution >= 4 is 21.7 Å². The maximum Gasteiger partial charge on any atom is 0.305 e. The molecule has 0 aromatic heterocycles. The summed E-state index contributed by atoms with van der Waals surface area (Å²) in [6, 6.07) is 11.5. The Hall–Kier alpha value is -2.41. The summed E-state index contributed by atoms with van der Waals surface area (Å²) in [5.41, 5.74) is 0.709. The number of hydrogen-bond acceptors (Lipinski definition) is 3. The van der Waals surface area contributed by atoms with Crippen LogP contribution in [0, 0.1) is 12.7 Å². The minimum atomic E-state index is -4.06. The lowest BCUT2D eigenvalue weighted by molar-refractivity contribution is -0.136. The third kappa shape index (κ3) is 3.87. The van der Waals surface area contributed by atoms with Gasteiger partial charge in [-0.3, -0.25) is 9.10 Å². The minimum Gasteiger partial charge on any atom is -0.481 e. The lowest BCUT2D eigenvalue weighted by Gasteiger charge is -2.24. The van der Waals surface area contributed by atoms with Gasteiger partial charge in [-0.05, 0) is 31.2 Å². The van der Waals surface area contributed by atoms with E-state index in [0.29, 0.717) is 0 Å². The van der Waals surface area contributed by atoms with E-state index in [0.717, 1.165) is 15.9 Å². The van der Waals surface area contributed by atoms with Crippen molar-refractivity contribution in [1.82, 2.24) is 0 Å². The van der Waals surface area contributed by atoms with Crippen molar-refractivity contribution in [3.8, 4) is 0 Å². The molecule has 0 aliphatic heterocycles. The van der Waals surface area contributed by atoms with Crippen LogP contribution in [-0.4, -0.2) is 26.0 Å². The molecule has 122 valence electrons. The zero-order valence-corrected chi connectivity index (χ0v) is 13.3. The van der Waals surface area contributed by atoms with Crippen LogP contribution >= 0.6 is 0 Å².